The zero-order chi connectivity index (χ0) is 13.6. The number of rotatable bonds is 7. The minimum absolute atomic E-state index is 0.0207. The van der Waals surface area contributed by atoms with Gasteiger partial charge in [-0.15, -0.1) is 0 Å². The number of primary amides is 1. The average Bonchev–Trinajstić information content (AvgIpc) is 2.22. The van der Waals surface area contributed by atoms with E-state index in [1.807, 2.05) is 0 Å². The molecular formula is C12H22N2O3. The molecule has 0 saturated heterocycles. The Balaban J connectivity index is 4.31. The van der Waals surface area contributed by atoms with Crippen molar-refractivity contribution in [1.82, 2.24) is 5.32 Å². The van der Waals surface area contributed by atoms with Crippen molar-refractivity contribution in [2.24, 2.45) is 23.5 Å². The Morgan fingerprint density at radius 3 is 1.94 bits per heavy atom. The molecule has 0 saturated carbocycles. The first-order chi connectivity index (χ1) is 7.75. The molecule has 5 heteroatoms. The smallest absolute Gasteiger partial charge is 0.222 e. The fourth-order valence-electron chi connectivity index (χ4n) is 1.18. The molecule has 0 heterocycles. The lowest BCUT2D eigenvalue weighted by Gasteiger charge is -2.15. The maximum absolute atomic E-state index is 11.5. The van der Waals surface area contributed by atoms with Crippen molar-refractivity contribution in [1.29, 1.82) is 0 Å². The van der Waals surface area contributed by atoms with Gasteiger partial charge >= 0.3 is 0 Å². The minimum atomic E-state index is -0.618. The van der Waals surface area contributed by atoms with Crippen molar-refractivity contribution in [2.75, 3.05) is 6.54 Å². The topological polar surface area (TPSA) is 89.3 Å². The molecule has 0 aromatic rings. The van der Waals surface area contributed by atoms with E-state index in [1.54, 1.807) is 27.7 Å². The van der Waals surface area contributed by atoms with Crippen LogP contribution in [-0.2, 0) is 14.4 Å². The lowest BCUT2D eigenvalue weighted by molar-refractivity contribution is -0.130. The molecule has 0 fully saturated rings. The number of nitrogens with one attached hydrogen (secondary N) is 1. The van der Waals surface area contributed by atoms with Crippen molar-refractivity contribution in [2.45, 2.75) is 34.1 Å². The van der Waals surface area contributed by atoms with Crippen LogP contribution in [0.3, 0.4) is 0 Å². The molecule has 3 N–H and O–H groups in total. The van der Waals surface area contributed by atoms with Gasteiger partial charge < -0.3 is 11.1 Å². The van der Waals surface area contributed by atoms with Crippen LogP contribution >= 0.6 is 0 Å². The van der Waals surface area contributed by atoms with Crippen LogP contribution in [0, 0.1) is 17.8 Å². The molecule has 98 valence electrons. The van der Waals surface area contributed by atoms with Crippen LogP contribution in [0.25, 0.3) is 0 Å². The third-order valence-electron chi connectivity index (χ3n) is 2.54. The first-order valence-electron chi connectivity index (χ1n) is 5.85. The molecule has 0 aromatic carbocycles. The third kappa shape index (κ3) is 6.04. The van der Waals surface area contributed by atoms with Crippen molar-refractivity contribution in [3.05, 3.63) is 0 Å². The second kappa shape index (κ2) is 7.04. The number of carbonyl (C=O) groups is 3. The Kier molecular flexibility index (Phi) is 6.46. The van der Waals surface area contributed by atoms with E-state index in [1.165, 1.54) is 0 Å². The summed E-state index contributed by atoms with van der Waals surface area (Å²) in [5.41, 5.74) is 5.21. The fraction of sp³-hybridized carbons (Fsp3) is 0.750. The Morgan fingerprint density at radius 2 is 1.59 bits per heavy atom. The van der Waals surface area contributed by atoms with Gasteiger partial charge in [-0.3, -0.25) is 14.4 Å². The number of nitrogens with two attached hydrogens (primary N) is 1. The van der Waals surface area contributed by atoms with Gasteiger partial charge in [0.05, 0.1) is 5.92 Å². The number of carbonyl (C=O) groups excluding carboxylic acids is 3. The Morgan fingerprint density at radius 1 is 1.06 bits per heavy atom. The number of ketones is 1. The Hall–Kier alpha value is -1.39. The first kappa shape index (κ1) is 15.6. The summed E-state index contributed by atoms with van der Waals surface area (Å²) in [7, 11) is 0. The highest BCUT2D eigenvalue weighted by Gasteiger charge is 2.22. The van der Waals surface area contributed by atoms with Gasteiger partial charge in [0.15, 0.2) is 0 Å². The lowest BCUT2D eigenvalue weighted by atomic mass is 9.95. The second-order valence-corrected chi connectivity index (χ2v) is 4.82. The van der Waals surface area contributed by atoms with Gasteiger partial charge in [0, 0.05) is 24.8 Å². The molecule has 0 bridgehead atoms. The summed E-state index contributed by atoms with van der Waals surface area (Å²) in [4.78, 5) is 34.0. The van der Waals surface area contributed by atoms with Crippen LogP contribution in [0.15, 0.2) is 0 Å². The molecule has 0 aliphatic carbocycles. The molecule has 1 atom stereocenters. The standard InChI is InChI=1S/C12H22N2O3/c1-7(2)10(15)5-9(11(13)16)6-14-12(17)8(3)4/h7-9H,5-6H2,1-4H3,(H2,13,16)(H,14,17). The minimum Gasteiger partial charge on any atom is -0.369 e. The summed E-state index contributed by atoms with van der Waals surface area (Å²) in [5, 5.41) is 2.62. The number of hydrogen-bond acceptors (Lipinski definition) is 3. The summed E-state index contributed by atoms with van der Waals surface area (Å²) >= 11 is 0. The zero-order valence-corrected chi connectivity index (χ0v) is 10.9. The largest absolute Gasteiger partial charge is 0.369 e. The number of amides is 2. The number of hydrogen-bond donors (Lipinski definition) is 2. The SMILES string of the molecule is CC(C)C(=O)CC(CNC(=O)C(C)C)C(N)=O. The summed E-state index contributed by atoms with van der Waals surface area (Å²) in [6, 6.07) is 0. The number of Topliss-reactive ketones (excluding diaryl/α,β-unsaturated/α-hetero) is 1. The highest BCUT2D eigenvalue weighted by Crippen LogP contribution is 2.08. The summed E-state index contributed by atoms with van der Waals surface area (Å²) in [6.45, 7) is 7.19. The van der Waals surface area contributed by atoms with Crippen LogP contribution in [0.5, 0.6) is 0 Å². The van der Waals surface area contributed by atoms with E-state index >= 15 is 0 Å². The van der Waals surface area contributed by atoms with Crippen molar-refractivity contribution in [3.63, 3.8) is 0 Å². The second-order valence-electron chi connectivity index (χ2n) is 4.82. The summed E-state index contributed by atoms with van der Waals surface area (Å²) in [6.07, 6.45) is 0.0887. The maximum atomic E-state index is 11.5. The fourth-order valence-corrected chi connectivity index (χ4v) is 1.18. The van der Waals surface area contributed by atoms with Crippen LogP contribution in [0.4, 0.5) is 0 Å². The van der Waals surface area contributed by atoms with Crippen LogP contribution < -0.4 is 11.1 Å². The maximum Gasteiger partial charge on any atom is 0.222 e. The van der Waals surface area contributed by atoms with Gasteiger partial charge in [0.1, 0.15) is 5.78 Å². The molecule has 17 heavy (non-hydrogen) atoms. The molecule has 0 aliphatic rings. The molecule has 0 spiro atoms. The van der Waals surface area contributed by atoms with Gasteiger partial charge in [0.25, 0.3) is 0 Å². The van der Waals surface area contributed by atoms with Gasteiger partial charge in [-0.05, 0) is 0 Å². The normalized spacial score (nSPS) is 12.6. The molecule has 0 rings (SSSR count). The quantitative estimate of drug-likeness (QED) is 0.680. The lowest BCUT2D eigenvalue weighted by Crippen LogP contribution is -2.39. The molecule has 5 nitrogen and oxygen atoms in total. The van der Waals surface area contributed by atoms with Crippen molar-refractivity contribution in [3.8, 4) is 0 Å². The van der Waals surface area contributed by atoms with Gasteiger partial charge in [-0.25, -0.2) is 0 Å². The monoisotopic (exact) mass is 242 g/mol. The van der Waals surface area contributed by atoms with Gasteiger partial charge in [0.2, 0.25) is 11.8 Å². The van der Waals surface area contributed by atoms with E-state index in [0.717, 1.165) is 0 Å². The van der Waals surface area contributed by atoms with E-state index in [4.69, 9.17) is 5.73 Å². The average molecular weight is 242 g/mol. The molecule has 0 aromatic heterocycles. The Labute approximate surface area is 102 Å². The first-order valence-corrected chi connectivity index (χ1v) is 5.85. The Bertz CT molecular complexity index is 298. The predicted octanol–water partition coefficient (Wildman–Crippen LogP) is 0.475. The highest BCUT2D eigenvalue weighted by molar-refractivity contribution is 5.87. The van der Waals surface area contributed by atoms with E-state index in [0.29, 0.717) is 0 Å². The predicted molar refractivity (Wildman–Crippen MR) is 65.0 cm³/mol. The van der Waals surface area contributed by atoms with Gasteiger partial charge in [-0.2, -0.15) is 0 Å². The summed E-state index contributed by atoms with van der Waals surface area (Å²) < 4.78 is 0. The van der Waals surface area contributed by atoms with Crippen LogP contribution in [-0.4, -0.2) is 24.1 Å². The molecular weight excluding hydrogens is 220 g/mol. The van der Waals surface area contributed by atoms with Gasteiger partial charge in [-0.1, -0.05) is 27.7 Å². The molecule has 0 aliphatic heterocycles. The highest BCUT2D eigenvalue weighted by atomic mass is 16.2. The van der Waals surface area contributed by atoms with E-state index in [9.17, 15) is 14.4 Å². The van der Waals surface area contributed by atoms with E-state index in [2.05, 4.69) is 5.32 Å². The van der Waals surface area contributed by atoms with Crippen molar-refractivity contribution >= 4 is 17.6 Å². The summed E-state index contributed by atoms with van der Waals surface area (Å²) in [5.74, 6) is -1.61. The van der Waals surface area contributed by atoms with E-state index < -0.39 is 11.8 Å². The van der Waals surface area contributed by atoms with Crippen molar-refractivity contribution < 1.29 is 14.4 Å². The zero-order valence-electron chi connectivity index (χ0n) is 10.9. The molecule has 0 radical (unpaired) electrons. The molecule has 2 amide bonds. The third-order valence-corrected chi connectivity index (χ3v) is 2.54. The van der Waals surface area contributed by atoms with Crippen LogP contribution in [0.1, 0.15) is 34.1 Å². The van der Waals surface area contributed by atoms with E-state index in [-0.39, 0.29) is 36.5 Å². The van der Waals surface area contributed by atoms with Crippen LogP contribution in [0.2, 0.25) is 0 Å². The molecule has 1 unspecified atom stereocenters.